The van der Waals surface area contributed by atoms with Crippen molar-refractivity contribution in [2.24, 2.45) is 0 Å². The summed E-state index contributed by atoms with van der Waals surface area (Å²) < 4.78 is 5.63. The van der Waals surface area contributed by atoms with E-state index in [0.29, 0.717) is 13.0 Å². The molecule has 1 aliphatic carbocycles. The molecule has 0 aromatic heterocycles. The third kappa shape index (κ3) is 4.55. The number of rotatable bonds is 5. The van der Waals surface area contributed by atoms with Gasteiger partial charge in [-0.25, -0.2) is 0 Å². The van der Waals surface area contributed by atoms with E-state index in [9.17, 15) is 4.79 Å². The molecule has 2 rings (SSSR count). The highest BCUT2D eigenvalue weighted by atomic mass is 16.5. The lowest BCUT2D eigenvalue weighted by atomic mass is 10.0. The standard InChI is InChI=1S/C17H22O2/c1-14-7-6-10-16(13-14)19-12-11-17(18)15-8-4-2-3-5-9-15/h6-8,10,13H,2-5,9,11-12H2,1H3. The van der Waals surface area contributed by atoms with Gasteiger partial charge in [-0.1, -0.05) is 24.6 Å². The first kappa shape index (κ1) is 13.9. The summed E-state index contributed by atoms with van der Waals surface area (Å²) in [7, 11) is 0. The van der Waals surface area contributed by atoms with E-state index in [1.807, 2.05) is 31.2 Å². The lowest BCUT2D eigenvalue weighted by Crippen LogP contribution is -2.08. The van der Waals surface area contributed by atoms with E-state index in [-0.39, 0.29) is 5.78 Å². The topological polar surface area (TPSA) is 26.3 Å². The number of allylic oxidation sites excluding steroid dienone is 2. The molecule has 0 atom stereocenters. The van der Waals surface area contributed by atoms with Crippen molar-refractivity contribution < 1.29 is 9.53 Å². The van der Waals surface area contributed by atoms with Crippen LogP contribution in [0.3, 0.4) is 0 Å². The molecule has 0 saturated heterocycles. The van der Waals surface area contributed by atoms with Crippen molar-refractivity contribution in [2.45, 2.75) is 45.4 Å². The van der Waals surface area contributed by atoms with Crippen molar-refractivity contribution in [1.82, 2.24) is 0 Å². The molecule has 0 aliphatic heterocycles. The van der Waals surface area contributed by atoms with Gasteiger partial charge in [-0.3, -0.25) is 4.79 Å². The number of carbonyl (C=O) groups is 1. The fraction of sp³-hybridized carbons (Fsp3) is 0.471. The van der Waals surface area contributed by atoms with Gasteiger partial charge in [0.2, 0.25) is 0 Å². The van der Waals surface area contributed by atoms with Crippen LogP contribution < -0.4 is 4.74 Å². The van der Waals surface area contributed by atoms with Crippen molar-refractivity contribution in [2.75, 3.05) is 6.61 Å². The fourth-order valence-corrected chi connectivity index (χ4v) is 2.40. The van der Waals surface area contributed by atoms with E-state index in [1.54, 1.807) is 0 Å². The zero-order chi connectivity index (χ0) is 13.5. The number of hydrogen-bond donors (Lipinski definition) is 0. The van der Waals surface area contributed by atoms with Gasteiger partial charge in [-0.05, 0) is 55.9 Å². The van der Waals surface area contributed by atoms with Crippen LogP contribution in [0, 0.1) is 6.92 Å². The van der Waals surface area contributed by atoms with Gasteiger partial charge < -0.3 is 4.74 Å². The van der Waals surface area contributed by atoms with E-state index in [0.717, 1.165) is 30.6 Å². The first-order chi connectivity index (χ1) is 9.25. The highest BCUT2D eigenvalue weighted by Crippen LogP contribution is 2.19. The van der Waals surface area contributed by atoms with Crippen LogP contribution in [0.15, 0.2) is 35.9 Å². The van der Waals surface area contributed by atoms with Crippen molar-refractivity contribution >= 4 is 5.78 Å². The Labute approximate surface area is 115 Å². The average Bonchev–Trinajstić information content (AvgIpc) is 2.67. The van der Waals surface area contributed by atoms with Crippen LogP contribution in [-0.4, -0.2) is 12.4 Å². The molecule has 2 heteroatoms. The summed E-state index contributed by atoms with van der Waals surface area (Å²) in [6.07, 6.45) is 8.23. The number of ether oxygens (including phenoxy) is 1. The molecule has 102 valence electrons. The second-order valence-electron chi connectivity index (χ2n) is 5.17. The predicted octanol–water partition coefficient (Wildman–Crippen LogP) is 4.22. The number of ketones is 1. The summed E-state index contributed by atoms with van der Waals surface area (Å²) in [5, 5.41) is 0. The van der Waals surface area contributed by atoms with Crippen LogP contribution >= 0.6 is 0 Å². The average molecular weight is 258 g/mol. The van der Waals surface area contributed by atoms with Gasteiger partial charge in [0.15, 0.2) is 5.78 Å². The maximum atomic E-state index is 12.1. The first-order valence-electron chi connectivity index (χ1n) is 7.17. The third-order valence-corrected chi connectivity index (χ3v) is 3.49. The molecular formula is C17H22O2. The lowest BCUT2D eigenvalue weighted by molar-refractivity contribution is -0.116. The number of carbonyl (C=O) groups excluding carboxylic acids is 1. The lowest BCUT2D eigenvalue weighted by Gasteiger charge is -2.07. The van der Waals surface area contributed by atoms with Crippen molar-refractivity contribution in [3.8, 4) is 5.75 Å². The molecule has 1 aliphatic rings. The molecule has 0 radical (unpaired) electrons. The molecule has 0 bridgehead atoms. The maximum Gasteiger partial charge on any atom is 0.161 e. The first-order valence-corrected chi connectivity index (χ1v) is 7.17. The molecule has 0 saturated carbocycles. The van der Waals surface area contributed by atoms with E-state index in [2.05, 4.69) is 6.08 Å². The van der Waals surface area contributed by atoms with Crippen LogP contribution in [0.2, 0.25) is 0 Å². The Hall–Kier alpha value is -1.57. The minimum absolute atomic E-state index is 0.259. The minimum Gasteiger partial charge on any atom is -0.493 e. The van der Waals surface area contributed by atoms with Crippen LogP contribution in [0.4, 0.5) is 0 Å². The quantitative estimate of drug-likeness (QED) is 0.790. The largest absolute Gasteiger partial charge is 0.493 e. The van der Waals surface area contributed by atoms with Crippen molar-refractivity contribution in [3.63, 3.8) is 0 Å². The molecule has 0 fully saturated rings. The summed E-state index contributed by atoms with van der Waals surface area (Å²) in [5.41, 5.74) is 2.20. The van der Waals surface area contributed by atoms with Gasteiger partial charge in [-0.15, -0.1) is 0 Å². The van der Waals surface area contributed by atoms with Gasteiger partial charge in [0.05, 0.1) is 6.61 Å². The van der Waals surface area contributed by atoms with Gasteiger partial charge in [0.1, 0.15) is 5.75 Å². The van der Waals surface area contributed by atoms with E-state index in [1.165, 1.54) is 18.4 Å². The molecule has 0 amide bonds. The monoisotopic (exact) mass is 258 g/mol. The summed E-state index contributed by atoms with van der Waals surface area (Å²) in [5.74, 6) is 1.11. The Balaban J connectivity index is 1.79. The minimum atomic E-state index is 0.259. The second kappa shape index (κ2) is 7.13. The Morgan fingerprint density at radius 1 is 1.26 bits per heavy atom. The van der Waals surface area contributed by atoms with Crippen molar-refractivity contribution in [3.05, 3.63) is 41.5 Å². The Morgan fingerprint density at radius 2 is 2.16 bits per heavy atom. The van der Waals surface area contributed by atoms with Gasteiger partial charge in [-0.2, -0.15) is 0 Å². The molecular weight excluding hydrogens is 236 g/mol. The molecule has 19 heavy (non-hydrogen) atoms. The summed E-state index contributed by atoms with van der Waals surface area (Å²) in [4.78, 5) is 12.1. The summed E-state index contributed by atoms with van der Waals surface area (Å²) >= 11 is 0. The molecule has 0 spiro atoms. The molecule has 0 N–H and O–H groups in total. The zero-order valence-corrected chi connectivity index (χ0v) is 11.7. The van der Waals surface area contributed by atoms with Crippen LogP contribution in [0.1, 0.15) is 44.1 Å². The normalized spacial score (nSPS) is 15.5. The molecule has 1 aromatic carbocycles. The van der Waals surface area contributed by atoms with Crippen LogP contribution in [-0.2, 0) is 4.79 Å². The van der Waals surface area contributed by atoms with E-state index in [4.69, 9.17) is 4.74 Å². The zero-order valence-electron chi connectivity index (χ0n) is 11.7. The molecule has 0 unspecified atom stereocenters. The Morgan fingerprint density at radius 3 is 3.00 bits per heavy atom. The highest BCUT2D eigenvalue weighted by molar-refractivity contribution is 5.95. The maximum absolute atomic E-state index is 12.1. The molecule has 0 heterocycles. The number of hydrogen-bond acceptors (Lipinski definition) is 2. The van der Waals surface area contributed by atoms with Gasteiger partial charge in [0, 0.05) is 6.42 Å². The molecule has 2 nitrogen and oxygen atoms in total. The number of aryl methyl sites for hydroxylation is 1. The fourth-order valence-electron chi connectivity index (χ4n) is 2.40. The van der Waals surface area contributed by atoms with Crippen LogP contribution in [0.5, 0.6) is 5.75 Å². The Bertz CT molecular complexity index is 460. The summed E-state index contributed by atoms with van der Waals surface area (Å²) in [6, 6.07) is 7.94. The number of benzene rings is 1. The van der Waals surface area contributed by atoms with E-state index < -0.39 is 0 Å². The summed E-state index contributed by atoms with van der Waals surface area (Å²) in [6.45, 7) is 2.51. The highest BCUT2D eigenvalue weighted by Gasteiger charge is 2.11. The Kier molecular flexibility index (Phi) is 5.20. The molecule has 1 aromatic rings. The third-order valence-electron chi connectivity index (χ3n) is 3.49. The van der Waals surface area contributed by atoms with E-state index >= 15 is 0 Å². The van der Waals surface area contributed by atoms with Crippen LogP contribution in [0.25, 0.3) is 0 Å². The van der Waals surface area contributed by atoms with Crippen molar-refractivity contribution in [1.29, 1.82) is 0 Å². The van der Waals surface area contributed by atoms with Gasteiger partial charge in [0.25, 0.3) is 0 Å². The predicted molar refractivity (Wildman–Crippen MR) is 77.5 cm³/mol. The second-order valence-corrected chi connectivity index (χ2v) is 5.17. The SMILES string of the molecule is Cc1cccc(OCCC(=O)C2=CCCCCC2)c1. The smallest absolute Gasteiger partial charge is 0.161 e. The number of Topliss-reactive ketones (excluding diaryl/α,β-unsaturated/α-hetero) is 1. The van der Waals surface area contributed by atoms with Gasteiger partial charge >= 0.3 is 0 Å².